The number of halogens is 2. The Kier molecular flexibility index (Phi) is 5.83. The normalized spacial score (nSPS) is 18.3. The lowest BCUT2D eigenvalue weighted by Gasteiger charge is -2.30. The minimum absolute atomic E-state index is 0.0234. The van der Waals surface area contributed by atoms with Gasteiger partial charge in [-0.15, -0.1) is 0 Å². The lowest BCUT2D eigenvalue weighted by molar-refractivity contribution is -0.591. The molecule has 116 valence electrons. The summed E-state index contributed by atoms with van der Waals surface area (Å²) in [6.45, 7) is 2.48. The molecule has 7 nitrogen and oxygen atoms in total. The van der Waals surface area contributed by atoms with Crippen molar-refractivity contribution in [3.8, 4) is 0 Å². The summed E-state index contributed by atoms with van der Waals surface area (Å²) in [6, 6.07) is 8.93. The largest absolute Gasteiger partial charge is 0.357 e. The third-order valence-corrected chi connectivity index (χ3v) is 4.34. The molecule has 0 aliphatic rings. The molecule has 0 N–H and O–H groups in total. The van der Waals surface area contributed by atoms with Gasteiger partial charge in [0.1, 0.15) is 0 Å². The van der Waals surface area contributed by atoms with Crippen LogP contribution in [0.25, 0.3) is 0 Å². The number of hydrogen-bond acceptors (Lipinski definition) is 5. The van der Waals surface area contributed by atoms with Crippen LogP contribution < -0.4 is 0 Å². The summed E-state index contributed by atoms with van der Waals surface area (Å²) in [4.78, 5) is 21.1. The highest BCUT2D eigenvalue weighted by molar-refractivity contribution is 9.10. The van der Waals surface area contributed by atoms with E-state index in [1.54, 1.807) is 24.3 Å². The van der Waals surface area contributed by atoms with Crippen molar-refractivity contribution in [1.82, 2.24) is 0 Å². The number of nitro groups is 2. The van der Waals surface area contributed by atoms with Crippen molar-refractivity contribution in [2.24, 2.45) is 0 Å². The van der Waals surface area contributed by atoms with Gasteiger partial charge in [0.2, 0.25) is 6.10 Å². The number of ether oxygens (including phenoxy) is 1. The summed E-state index contributed by atoms with van der Waals surface area (Å²) in [7, 11) is 0. The highest BCUT2D eigenvalue weighted by atomic mass is 79.9. The van der Waals surface area contributed by atoms with Gasteiger partial charge in [0, 0.05) is 55.6 Å². The third-order valence-electron chi connectivity index (χ3n) is 2.93. The van der Waals surface area contributed by atoms with Crippen LogP contribution in [0.1, 0.15) is 19.4 Å². The van der Waals surface area contributed by atoms with Crippen LogP contribution in [-0.2, 0) is 11.3 Å². The van der Waals surface area contributed by atoms with Crippen molar-refractivity contribution < 1.29 is 14.6 Å². The first-order valence-corrected chi connectivity index (χ1v) is 7.51. The Bertz CT molecular complexity index is 496. The summed E-state index contributed by atoms with van der Waals surface area (Å²) in [6.07, 6.45) is -1.34. The Hall–Kier alpha value is -1.06. The molecule has 0 radical (unpaired) electrons. The molecule has 0 heterocycles. The molecule has 1 rings (SSSR count). The number of nitrogens with zero attached hydrogens (tertiary/aromatic N) is 2. The van der Waals surface area contributed by atoms with Crippen molar-refractivity contribution in [3.63, 3.8) is 0 Å². The third kappa shape index (κ3) is 4.21. The van der Waals surface area contributed by atoms with Gasteiger partial charge in [0.25, 0.3) is 0 Å². The average molecular weight is 426 g/mol. The Balaban J connectivity index is 3.03. The second-order valence-corrected chi connectivity index (χ2v) is 7.95. The summed E-state index contributed by atoms with van der Waals surface area (Å²) >= 11 is 5.86. The molecule has 9 heteroatoms. The van der Waals surface area contributed by atoms with Crippen LogP contribution in [0.3, 0.4) is 0 Å². The van der Waals surface area contributed by atoms with Gasteiger partial charge in [-0.3, -0.25) is 20.2 Å². The molecule has 0 spiro atoms. The van der Waals surface area contributed by atoms with Gasteiger partial charge in [-0.05, 0) is 5.56 Å². The number of hydrogen-bond donors (Lipinski definition) is 0. The number of rotatable bonds is 7. The second-order valence-electron chi connectivity index (χ2n) is 4.74. The SMILES string of the molecule is C[C@](Br)(C(OCc1ccccc1)[C@@](C)(Br)[N+](=O)[O-])[N+](=O)[O-]. The molecule has 3 atom stereocenters. The zero-order valence-corrected chi connectivity index (χ0v) is 14.5. The maximum Gasteiger partial charge on any atom is 0.305 e. The topological polar surface area (TPSA) is 95.5 Å². The average Bonchev–Trinajstić information content (AvgIpc) is 2.39. The van der Waals surface area contributed by atoms with Crippen molar-refractivity contribution in [2.45, 2.75) is 35.5 Å². The molecular formula is C12H14Br2N2O5. The zero-order valence-electron chi connectivity index (χ0n) is 11.4. The first-order chi connectivity index (χ1) is 9.60. The monoisotopic (exact) mass is 424 g/mol. The lowest BCUT2D eigenvalue weighted by atomic mass is 10.1. The molecule has 0 bridgehead atoms. The summed E-state index contributed by atoms with van der Waals surface area (Å²) in [5.41, 5.74) is 0.765. The van der Waals surface area contributed by atoms with Crippen LogP contribution in [0.15, 0.2) is 30.3 Å². The Morgan fingerprint density at radius 2 is 1.52 bits per heavy atom. The predicted octanol–water partition coefficient (Wildman–Crippen LogP) is 3.35. The van der Waals surface area contributed by atoms with E-state index in [4.69, 9.17) is 4.74 Å². The van der Waals surface area contributed by atoms with Crippen LogP contribution in [0.2, 0.25) is 0 Å². The summed E-state index contributed by atoms with van der Waals surface area (Å²) in [5.74, 6) is 0. The van der Waals surface area contributed by atoms with E-state index in [-0.39, 0.29) is 6.61 Å². The highest BCUT2D eigenvalue weighted by Gasteiger charge is 2.60. The second kappa shape index (κ2) is 6.80. The smallest absolute Gasteiger partial charge is 0.305 e. The van der Waals surface area contributed by atoms with Crippen LogP contribution in [0.4, 0.5) is 0 Å². The lowest BCUT2D eigenvalue weighted by Crippen LogP contribution is -2.56. The van der Waals surface area contributed by atoms with Crippen molar-refractivity contribution in [2.75, 3.05) is 0 Å². The molecule has 0 fully saturated rings. The summed E-state index contributed by atoms with van der Waals surface area (Å²) < 4.78 is 1.88. The molecule has 1 aromatic rings. The number of benzene rings is 1. The van der Waals surface area contributed by atoms with Crippen LogP contribution in [0, 0.1) is 20.2 Å². The first-order valence-electron chi connectivity index (χ1n) is 5.92. The van der Waals surface area contributed by atoms with Gasteiger partial charge in [-0.2, -0.15) is 0 Å². The minimum atomic E-state index is -1.81. The molecule has 0 saturated heterocycles. The van der Waals surface area contributed by atoms with Crippen LogP contribution in [-0.4, -0.2) is 24.8 Å². The van der Waals surface area contributed by atoms with E-state index in [1.807, 2.05) is 6.07 Å². The molecule has 1 aromatic carbocycles. The molecule has 0 aromatic heterocycles. The molecule has 1 unspecified atom stereocenters. The first kappa shape index (κ1) is 18.0. The standard InChI is InChI=1S/C12H14Br2N2O5/c1-11(13,15(17)18)10(12(2,14)16(19)20)21-8-9-6-4-3-5-7-9/h3-7,10H,8H2,1-2H3/t10?,11-,12+. The van der Waals surface area contributed by atoms with Crippen molar-refractivity contribution >= 4 is 31.9 Å². The maximum absolute atomic E-state index is 11.2. The molecule has 0 amide bonds. The fraction of sp³-hybridized carbons (Fsp3) is 0.500. The molecule has 21 heavy (non-hydrogen) atoms. The van der Waals surface area contributed by atoms with E-state index < -0.39 is 24.8 Å². The predicted molar refractivity (Wildman–Crippen MR) is 83.7 cm³/mol. The van der Waals surface area contributed by atoms with Crippen LogP contribution in [0.5, 0.6) is 0 Å². The van der Waals surface area contributed by atoms with E-state index in [9.17, 15) is 20.2 Å². The van der Waals surface area contributed by atoms with E-state index >= 15 is 0 Å². The zero-order chi connectivity index (χ0) is 16.3. The van der Waals surface area contributed by atoms with Gasteiger partial charge in [-0.25, -0.2) is 0 Å². The minimum Gasteiger partial charge on any atom is -0.357 e. The Morgan fingerprint density at radius 1 is 1.10 bits per heavy atom. The van der Waals surface area contributed by atoms with Crippen molar-refractivity contribution in [1.29, 1.82) is 0 Å². The summed E-state index contributed by atoms with van der Waals surface area (Å²) in [5, 5.41) is 22.4. The van der Waals surface area contributed by atoms with Gasteiger partial charge in [-0.1, -0.05) is 30.3 Å². The molecule has 0 saturated carbocycles. The molecule has 0 aliphatic carbocycles. The van der Waals surface area contributed by atoms with Gasteiger partial charge >= 0.3 is 8.90 Å². The quantitative estimate of drug-likeness (QED) is 0.289. The van der Waals surface area contributed by atoms with E-state index in [1.165, 1.54) is 13.8 Å². The van der Waals surface area contributed by atoms with Gasteiger partial charge in [0.05, 0.1) is 6.61 Å². The van der Waals surface area contributed by atoms with E-state index in [0.717, 1.165) is 5.56 Å². The Morgan fingerprint density at radius 3 is 1.90 bits per heavy atom. The fourth-order valence-electron chi connectivity index (χ4n) is 1.73. The molecular weight excluding hydrogens is 412 g/mol. The number of alkyl halides is 2. The fourth-order valence-corrected chi connectivity index (χ4v) is 3.19. The van der Waals surface area contributed by atoms with E-state index in [2.05, 4.69) is 31.9 Å². The molecule has 0 aliphatic heterocycles. The van der Waals surface area contributed by atoms with E-state index in [0.29, 0.717) is 0 Å². The van der Waals surface area contributed by atoms with Crippen LogP contribution >= 0.6 is 31.9 Å². The van der Waals surface area contributed by atoms with Gasteiger partial charge in [0.15, 0.2) is 0 Å². The highest BCUT2D eigenvalue weighted by Crippen LogP contribution is 2.38. The Labute approximate surface area is 138 Å². The maximum atomic E-state index is 11.2. The van der Waals surface area contributed by atoms with Gasteiger partial charge < -0.3 is 4.74 Å². The van der Waals surface area contributed by atoms with Crippen molar-refractivity contribution in [3.05, 3.63) is 56.1 Å².